The van der Waals surface area contributed by atoms with Crippen molar-refractivity contribution in [3.63, 3.8) is 0 Å². The van der Waals surface area contributed by atoms with Gasteiger partial charge in [-0.05, 0) is 62.5 Å². The molecule has 0 spiro atoms. The molecular formula is C23H27N3O. The van der Waals surface area contributed by atoms with E-state index in [2.05, 4.69) is 34.3 Å². The van der Waals surface area contributed by atoms with Crippen LogP contribution in [0.15, 0.2) is 42.5 Å². The number of para-hydroxylation sites is 2. The van der Waals surface area contributed by atoms with Crippen LogP contribution < -0.4 is 5.32 Å². The summed E-state index contributed by atoms with van der Waals surface area (Å²) in [6, 6.07) is 14.1. The maximum atomic E-state index is 13.1. The minimum atomic E-state index is -0.0570. The Balaban J connectivity index is 1.68. The molecule has 1 unspecified atom stereocenters. The van der Waals surface area contributed by atoms with Crippen LogP contribution in [0.3, 0.4) is 0 Å². The van der Waals surface area contributed by atoms with Gasteiger partial charge in [-0.2, -0.15) is 0 Å². The Labute approximate surface area is 160 Å². The van der Waals surface area contributed by atoms with Gasteiger partial charge in [0.1, 0.15) is 0 Å². The fourth-order valence-corrected chi connectivity index (χ4v) is 4.11. The van der Waals surface area contributed by atoms with Gasteiger partial charge >= 0.3 is 0 Å². The quantitative estimate of drug-likeness (QED) is 0.713. The molecule has 0 bridgehead atoms. The molecule has 2 aromatic carbocycles. The number of benzene rings is 2. The Morgan fingerprint density at radius 3 is 2.81 bits per heavy atom. The third kappa shape index (κ3) is 3.50. The van der Waals surface area contributed by atoms with Crippen LogP contribution in [0.2, 0.25) is 0 Å². The van der Waals surface area contributed by atoms with Gasteiger partial charge in [-0.15, -0.1) is 0 Å². The number of rotatable bonds is 4. The summed E-state index contributed by atoms with van der Waals surface area (Å²) in [5, 5.41) is 4.33. The second-order valence-electron chi connectivity index (χ2n) is 8.01. The van der Waals surface area contributed by atoms with Gasteiger partial charge in [-0.1, -0.05) is 37.3 Å². The number of aryl methyl sites for hydroxylation is 1. The molecule has 140 valence electrons. The van der Waals surface area contributed by atoms with Gasteiger partial charge in [-0.25, -0.2) is 0 Å². The topological polar surface area (TPSA) is 48.1 Å². The number of hydrogen-bond donors (Lipinski definition) is 2. The minimum absolute atomic E-state index is 0.0570. The molecule has 4 heteroatoms. The summed E-state index contributed by atoms with van der Waals surface area (Å²) in [7, 11) is 4.06. The lowest BCUT2D eigenvalue weighted by Crippen LogP contribution is -2.17. The minimum Gasteiger partial charge on any atom is -0.358 e. The standard InChI is InChI=1S/C23H27N3O/c1-15-11-12-21-19(13-15)17-8-6-9-18(22(17)24-21)23(27)25-20-10-5-4-7-16(20)14-26(2)3/h4-10,15,24H,11-14H2,1-3H3,(H,25,27). The summed E-state index contributed by atoms with van der Waals surface area (Å²) in [4.78, 5) is 18.8. The smallest absolute Gasteiger partial charge is 0.257 e. The van der Waals surface area contributed by atoms with Crippen molar-refractivity contribution in [1.29, 1.82) is 0 Å². The summed E-state index contributed by atoms with van der Waals surface area (Å²) in [6.45, 7) is 3.09. The molecule has 3 aromatic rings. The number of carbonyl (C=O) groups is 1. The highest BCUT2D eigenvalue weighted by Gasteiger charge is 2.22. The van der Waals surface area contributed by atoms with Crippen molar-refractivity contribution >= 4 is 22.5 Å². The first-order valence-corrected chi connectivity index (χ1v) is 9.69. The molecule has 1 amide bonds. The molecule has 4 nitrogen and oxygen atoms in total. The molecule has 1 heterocycles. The van der Waals surface area contributed by atoms with Gasteiger partial charge < -0.3 is 15.2 Å². The third-order valence-electron chi connectivity index (χ3n) is 5.47. The van der Waals surface area contributed by atoms with Crippen LogP contribution in [0.25, 0.3) is 10.9 Å². The number of aromatic amines is 1. The number of nitrogens with zero attached hydrogens (tertiary/aromatic N) is 1. The van der Waals surface area contributed by atoms with E-state index in [4.69, 9.17) is 0 Å². The highest BCUT2D eigenvalue weighted by Crippen LogP contribution is 2.33. The number of amides is 1. The monoisotopic (exact) mass is 361 g/mol. The molecule has 1 aliphatic rings. The SMILES string of the molecule is CC1CCc2[nH]c3c(C(=O)Nc4ccccc4CN(C)C)cccc3c2C1. The van der Waals surface area contributed by atoms with E-state index in [0.717, 1.165) is 36.2 Å². The normalized spacial score (nSPS) is 16.5. The van der Waals surface area contributed by atoms with E-state index >= 15 is 0 Å². The third-order valence-corrected chi connectivity index (χ3v) is 5.47. The van der Waals surface area contributed by atoms with E-state index in [-0.39, 0.29) is 5.91 Å². The summed E-state index contributed by atoms with van der Waals surface area (Å²) >= 11 is 0. The molecule has 0 radical (unpaired) electrons. The van der Waals surface area contributed by atoms with E-state index in [9.17, 15) is 4.79 Å². The predicted molar refractivity (Wildman–Crippen MR) is 111 cm³/mol. The van der Waals surface area contributed by atoms with Crippen LogP contribution in [-0.2, 0) is 19.4 Å². The molecule has 4 rings (SSSR count). The van der Waals surface area contributed by atoms with Gasteiger partial charge in [0.2, 0.25) is 0 Å². The maximum absolute atomic E-state index is 13.1. The lowest BCUT2D eigenvalue weighted by atomic mass is 9.87. The number of H-pyrrole nitrogens is 1. The first kappa shape index (κ1) is 17.8. The number of nitrogens with one attached hydrogen (secondary N) is 2. The summed E-state index contributed by atoms with van der Waals surface area (Å²) < 4.78 is 0. The average molecular weight is 361 g/mol. The van der Waals surface area contributed by atoms with Crippen LogP contribution in [0.5, 0.6) is 0 Å². The molecule has 0 saturated heterocycles. The second kappa shape index (κ2) is 7.20. The van der Waals surface area contributed by atoms with Crippen LogP contribution in [0.1, 0.15) is 40.5 Å². The van der Waals surface area contributed by atoms with Crippen LogP contribution in [0, 0.1) is 5.92 Å². The maximum Gasteiger partial charge on any atom is 0.257 e. The van der Waals surface area contributed by atoms with Crippen LogP contribution in [-0.4, -0.2) is 29.9 Å². The Hall–Kier alpha value is -2.59. The van der Waals surface area contributed by atoms with Gasteiger partial charge in [0, 0.05) is 23.3 Å². The first-order valence-electron chi connectivity index (χ1n) is 9.69. The van der Waals surface area contributed by atoms with Gasteiger partial charge in [0.05, 0.1) is 11.1 Å². The lowest BCUT2D eigenvalue weighted by molar-refractivity contribution is 0.102. The fourth-order valence-electron chi connectivity index (χ4n) is 4.11. The molecule has 1 aromatic heterocycles. The molecular weight excluding hydrogens is 334 g/mol. The Morgan fingerprint density at radius 2 is 2.00 bits per heavy atom. The predicted octanol–water partition coefficient (Wildman–Crippen LogP) is 4.61. The van der Waals surface area contributed by atoms with Gasteiger partial charge in [0.15, 0.2) is 0 Å². The van der Waals surface area contributed by atoms with Crippen LogP contribution >= 0.6 is 0 Å². The molecule has 0 saturated carbocycles. The lowest BCUT2D eigenvalue weighted by Gasteiger charge is -2.17. The summed E-state index contributed by atoms with van der Waals surface area (Å²) in [5.74, 6) is 0.644. The number of hydrogen-bond acceptors (Lipinski definition) is 2. The zero-order valence-corrected chi connectivity index (χ0v) is 16.3. The molecule has 1 atom stereocenters. The van der Waals surface area contributed by atoms with E-state index in [0.29, 0.717) is 11.5 Å². The van der Waals surface area contributed by atoms with Crippen molar-refractivity contribution in [2.45, 2.75) is 32.7 Å². The number of fused-ring (bicyclic) bond motifs is 3. The van der Waals surface area contributed by atoms with Crippen molar-refractivity contribution < 1.29 is 4.79 Å². The Morgan fingerprint density at radius 1 is 1.19 bits per heavy atom. The van der Waals surface area contributed by atoms with E-state index in [1.165, 1.54) is 23.1 Å². The van der Waals surface area contributed by atoms with Crippen LogP contribution in [0.4, 0.5) is 5.69 Å². The Kier molecular flexibility index (Phi) is 4.75. The van der Waals surface area contributed by atoms with Crippen molar-refractivity contribution in [3.05, 3.63) is 64.8 Å². The highest BCUT2D eigenvalue weighted by atomic mass is 16.1. The molecule has 0 fully saturated rings. The fraction of sp³-hybridized carbons (Fsp3) is 0.348. The van der Waals surface area contributed by atoms with Crippen molar-refractivity contribution in [2.24, 2.45) is 5.92 Å². The summed E-state index contributed by atoms with van der Waals surface area (Å²) in [5.41, 5.74) is 6.37. The van der Waals surface area contributed by atoms with Crippen molar-refractivity contribution in [3.8, 4) is 0 Å². The van der Waals surface area contributed by atoms with E-state index in [1.54, 1.807) is 0 Å². The van der Waals surface area contributed by atoms with Crippen molar-refractivity contribution in [1.82, 2.24) is 9.88 Å². The van der Waals surface area contributed by atoms with Crippen molar-refractivity contribution in [2.75, 3.05) is 19.4 Å². The number of carbonyl (C=O) groups excluding carboxylic acids is 1. The van der Waals surface area contributed by atoms with E-state index < -0.39 is 0 Å². The van der Waals surface area contributed by atoms with Gasteiger partial charge in [-0.3, -0.25) is 4.79 Å². The number of aromatic nitrogens is 1. The highest BCUT2D eigenvalue weighted by molar-refractivity contribution is 6.12. The molecule has 27 heavy (non-hydrogen) atoms. The molecule has 0 aliphatic heterocycles. The second-order valence-corrected chi connectivity index (χ2v) is 8.01. The zero-order chi connectivity index (χ0) is 19.0. The average Bonchev–Trinajstić information content (AvgIpc) is 3.01. The number of anilines is 1. The first-order chi connectivity index (χ1) is 13.0. The molecule has 1 aliphatic carbocycles. The zero-order valence-electron chi connectivity index (χ0n) is 16.3. The van der Waals surface area contributed by atoms with E-state index in [1.807, 2.05) is 44.4 Å². The van der Waals surface area contributed by atoms with Gasteiger partial charge in [0.25, 0.3) is 5.91 Å². The Bertz CT molecular complexity index is 986. The largest absolute Gasteiger partial charge is 0.358 e. The molecule has 2 N–H and O–H groups in total. The summed E-state index contributed by atoms with van der Waals surface area (Å²) in [6.07, 6.45) is 3.36.